The lowest BCUT2D eigenvalue weighted by molar-refractivity contribution is 0.466. The molecule has 2 aromatic carbocycles. The Morgan fingerprint density at radius 1 is 1.15 bits per heavy atom. The third kappa shape index (κ3) is 2.49. The van der Waals surface area contributed by atoms with Crippen molar-refractivity contribution in [3.8, 4) is 5.75 Å². The highest BCUT2D eigenvalue weighted by atomic mass is 35.5. The second-order valence-corrected chi connectivity index (χ2v) is 6.06. The fourth-order valence-corrected chi connectivity index (χ4v) is 3.11. The van der Waals surface area contributed by atoms with E-state index in [9.17, 15) is 5.11 Å². The van der Waals surface area contributed by atoms with Gasteiger partial charge in [-0.25, -0.2) is 4.98 Å². The van der Waals surface area contributed by atoms with Gasteiger partial charge >= 0.3 is 0 Å². The minimum absolute atomic E-state index is 0.332. The van der Waals surface area contributed by atoms with E-state index in [1.54, 1.807) is 12.1 Å². The van der Waals surface area contributed by atoms with Crippen LogP contribution in [0.25, 0.3) is 11.1 Å². The topological polar surface area (TPSA) is 46.3 Å². The molecule has 0 aliphatic rings. The van der Waals surface area contributed by atoms with Crippen molar-refractivity contribution in [3.05, 3.63) is 46.5 Å². The minimum atomic E-state index is 0.332. The molecule has 102 valence electrons. The molecular weight excluding hydrogens is 294 g/mol. The lowest BCUT2D eigenvalue weighted by Gasteiger charge is -2.05. The van der Waals surface area contributed by atoms with Gasteiger partial charge in [0, 0.05) is 9.92 Å². The number of phenols is 1. The summed E-state index contributed by atoms with van der Waals surface area (Å²) in [5, 5.41) is 11.0. The van der Waals surface area contributed by atoms with Gasteiger partial charge in [0.15, 0.2) is 5.58 Å². The summed E-state index contributed by atoms with van der Waals surface area (Å²) in [6, 6.07) is 9.18. The number of aromatic nitrogens is 1. The van der Waals surface area contributed by atoms with Gasteiger partial charge < -0.3 is 9.52 Å². The Morgan fingerprint density at radius 3 is 2.55 bits per heavy atom. The van der Waals surface area contributed by atoms with Crippen LogP contribution < -0.4 is 0 Å². The van der Waals surface area contributed by atoms with E-state index < -0.39 is 0 Å². The first-order valence-corrected chi connectivity index (χ1v) is 7.26. The van der Waals surface area contributed by atoms with Crippen LogP contribution in [0.2, 0.25) is 5.02 Å². The molecule has 0 aliphatic heterocycles. The second-order valence-electron chi connectivity index (χ2n) is 4.60. The maximum Gasteiger partial charge on any atom is 0.261 e. The number of aromatic hydroxyl groups is 1. The van der Waals surface area contributed by atoms with Gasteiger partial charge in [-0.15, -0.1) is 0 Å². The van der Waals surface area contributed by atoms with Crippen LogP contribution in [0.1, 0.15) is 11.1 Å². The van der Waals surface area contributed by atoms with Crippen molar-refractivity contribution in [2.75, 3.05) is 0 Å². The number of rotatable bonds is 2. The van der Waals surface area contributed by atoms with Crippen LogP contribution >= 0.6 is 23.4 Å². The van der Waals surface area contributed by atoms with Crippen molar-refractivity contribution in [1.82, 2.24) is 4.98 Å². The average molecular weight is 306 g/mol. The smallest absolute Gasteiger partial charge is 0.261 e. The maximum absolute atomic E-state index is 9.78. The number of hydrogen-bond donors (Lipinski definition) is 1. The molecule has 0 amide bonds. The highest BCUT2D eigenvalue weighted by molar-refractivity contribution is 7.99. The molecule has 20 heavy (non-hydrogen) atoms. The first kappa shape index (κ1) is 13.3. The number of fused-ring (bicyclic) bond motifs is 1. The third-order valence-electron chi connectivity index (χ3n) is 3.00. The van der Waals surface area contributed by atoms with Crippen molar-refractivity contribution in [2.45, 2.75) is 24.0 Å². The molecule has 5 heteroatoms. The third-order valence-corrected chi connectivity index (χ3v) is 4.06. The van der Waals surface area contributed by atoms with Crippen LogP contribution in [0, 0.1) is 13.8 Å². The molecule has 0 spiro atoms. The van der Waals surface area contributed by atoms with E-state index >= 15 is 0 Å². The Labute approximate surface area is 125 Å². The molecule has 3 aromatic rings. The van der Waals surface area contributed by atoms with E-state index in [0.29, 0.717) is 21.6 Å². The molecule has 0 unspecified atom stereocenters. The van der Waals surface area contributed by atoms with Gasteiger partial charge in [-0.05, 0) is 67.1 Å². The fraction of sp³-hybridized carbons (Fsp3) is 0.133. The zero-order chi connectivity index (χ0) is 14.3. The van der Waals surface area contributed by atoms with Crippen LogP contribution in [-0.4, -0.2) is 10.1 Å². The van der Waals surface area contributed by atoms with E-state index in [2.05, 4.69) is 4.98 Å². The van der Waals surface area contributed by atoms with Gasteiger partial charge in [0.2, 0.25) is 0 Å². The quantitative estimate of drug-likeness (QED) is 0.727. The molecule has 0 aliphatic carbocycles. The summed E-state index contributed by atoms with van der Waals surface area (Å²) in [5.41, 5.74) is 3.13. The maximum atomic E-state index is 9.78. The number of hydrogen-bond acceptors (Lipinski definition) is 4. The first-order chi connectivity index (χ1) is 9.52. The van der Waals surface area contributed by atoms with Gasteiger partial charge in [-0.3, -0.25) is 0 Å². The highest BCUT2D eigenvalue weighted by Crippen LogP contribution is 2.34. The number of oxazole rings is 1. The summed E-state index contributed by atoms with van der Waals surface area (Å²) in [5.74, 6) is 0.332. The summed E-state index contributed by atoms with van der Waals surface area (Å²) in [7, 11) is 0. The van der Waals surface area contributed by atoms with E-state index in [1.807, 2.05) is 32.0 Å². The Kier molecular flexibility index (Phi) is 3.36. The Morgan fingerprint density at radius 2 is 1.85 bits per heavy atom. The van der Waals surface area contributed by atoms with Gasteiger partial charge in [-0.1, -0.05) is 11.6 Å². The number of aryl methyl sites for hydroxylation is 2. The largest absolute Gasteiger partial charge is 0.507 e. The molecular formula is C15H12ClNO2S. The van der Waals surface area contributed by atoms with Crippen LogP contribution in [0.15, 0.2) is 44.9 Å². The van der Waals surface area contributed by atoms with Gasteiger partial charge in [0.05, 0.1) is 0 Å². The first-order valence-electron chi connectivity index (χ1n) is 6.07. The fourth-order valence-electron chi connectivity index (χ4n) is 2.00. The van der Waals surface area contributed by atoms with Crippen LogP contribution in [-0.2, 0) is 0 Å². The molecule has 0 saturated heterocycles. The molecule has 0 atom stereocenters. The number of phenolic OH excluding ortho intramolecular Hbond substituents is 1. The van der Waals surface area contributed by atoms with Crippen molar-refractivity contribution in [1.29, 1.82) is 0 Å². The Bertz CT molecular complexity index is 775. The van der Waals surface area contributed by atoms with E-state index in [4.69, 9.17) is 16.0 Å². The van der Waals surface area contributed by atoms with Gasteiger partial charge in [0.1, 0.15) is 11.3 Å². The lowest BCUT2D eigenvalue weighted by atomic mass is 10.1. The summed E-state index contributed by atoms with van der Waals surface area (Å²) < 4.78 is 5.67. The van der Waals surface area contributed by atoms with Crippen LogP contribution in [0.3, 0.4) is 0 Å². The number of halogens is 1. The minimum Gasteiger partial charge on any atom is -0.507 e. The number of nitrogens with zero attached hydrogens (tertiary/aromatic N) is 1. The van der Waals surface area contributed by atoms with E-state index in [0.717, 1.165) is 21.5 Å². The lowest BCUT2D eigenvalue weighted by Crippen LogP contribution is -1.82. The molecule has 1 aromatic heterocycles. The summed E-state index contributed by atoms with van der Waals surface area (Å²) in [6.07, 6.45) is 0. The molecule has 1 N–H and O–H groups in total. The Hall–Kier alpha value is -1.65. The standard InChI is InChI=1S/C15H12ClNO2S/c1-8-5-11(6-9(2)14(8)18)20-15-17-12-7-10(16)3-4-13(12)19-15/h3-7,18H,1-2H3. The van der Waals surface area contributed by atoms with Crippen molar-refractivity contribution < 1.29 is 9.52 Å². The van der Waals surface area contributed by atoms with Crippen LogP contribution in [0.4, 0.5) is 0 Å². The molecule has 0 radical (unpaired) electrons. The zero-order valence-corrected chi connectivity index (χ0v) is 12.5. The summed E-state index contributed by atoms with van der Waals surface area (Å²) in [6.45, 7) is 3.75. The van der Waals surface area contributed by atoms with E-state index in [1.165, 1.54) is 11.8 Å². The molecule has 0 bridgehead atoms. The van der Waals surface area contributed by atoms with Gasteiger partial charge in [-0.2, -0.15) is 0 Å². The average Bonchev–Trinajstić information content (AvgIpc) is 2.77. The Balaban J connectivity index is 1.96. The van der Waals surface area contributed by atoms with Crippen molar-refractivity contribution in [3.63, 3.8) is 0 Å². The predicted octanol–water partition coefficient (Wildman–Crippen LogP) is 4.95. The van der Waals surface area contributed by atoms with Crippen LogP contribution in [0.5, 0.6) is 5.75 Å². The molecule has 0 saturated carbocycles. The van der Waals surface area contributed by atoms with Crippen molar-refractivity contribution >= 4 is 34.5 Å². The second kappa shape index (κ2) is 5.04. The SMILES string of the molecule is Cc1cc(Sc2nc3cc(Cl)ccc3o2)cc(C)c1O. The zero-order valence-electron chi connectivity index (χ0n) is 11.0. The highest BCUT2D eigenvalue weighted by Gasteiger charge is 2.10. The normalized spacial score (nSPS) is 11.2. The monoisotopic (exact) mass is 305 g/mol. The summed E-state index contributed by atoms with van der Waals surface area (Å²) >= 11 is 7.36. The molecule has 3 rings (SSSR count). The van der Waals surface area contributed by atoms with Crippen molar-refractivity contribution in [2.24, 2.45) is 0 Å². The predicted molar refractivity (Wildman–Crippen MR) is 80.7 cm³/mol. The van der Waals surface area contributed by atoms with E-state index in [-0.39, 0.29) is 0 Å². The molecule has 1 heterocycles. The number of benzene rings is 2. The summed E-state index contributed by atoms with van der Waals surface area (Å²) in [4.78, 5) is 5.38. The molecule has 3 nitrogen and oxygen atoms in total. The molecule has 0 fully saturated rings. The van der Waals surface area contributed by atoms with Gasteiger partial charge in [0.25, 0.3) is 5.22 Å².